The number of thiazole rings is 1. The molecule has 31 heavy (non-hydrogen) atoms. The minimum atomic E-state index is -4.83. The fourth-order valence-corrected chi connectivity index (χ4v) is 4.55. The molecule has 2 heterocycles. The van der Waals surface area contributed by atoms with Crippen molar-refractivity contribution in [1.29, 1.82) is 0 Å². The van der Waals surface area contributed by atoms with Crippen molar-refractivity contribution in [3.8, 4) is 11.5 Å². The van der Waals surface area contributed by atoms with E-state index in [0.717, 1.165) is 21.1 Å². The topological polar surface area (TPSA) is 63.7 Å². The van der Waals surface area contributed by atoms with E-state index in [2.05, 4.69) is 19.9 Å². The molecular formula is C21H20F3N3O3S. The number of piperidine rings is 1. The first-order chi connectivity index (χ1) is 14.8. The number of carbonyl (C=O) groups is 1. The molecule has 1 aliphatic heterocycles. The Hall–Kier alpha value is -3.01. The lowest BCUT2D eigenvalue weighted by Crippen LogP contribution is -2.38. The van der Waals surface area contributed by atoms with E-state index in [0.29, 0.717) is 25.9 Å². The fourth-order valence-electron chi connectivity index (χ4n) is 3.51. The number of aromatic nitrogens is 1. The van der Waals surface area contributed by atoms with Gasteiger partial charge in [0, 0.05) is 19.0 Å². The lowest BCUT2D eigenvalue weighted by molar-refractivity contribution is -0.274. The molecule has 0 atom stereocenters. The maximum Gasteiger partial charge on any atom is 0.573 e. The second-order valence-electron chi connectivity index (χ2n) is 7.12. The third-order valence-electron chi connectivity index (χ3n) is 5.09. The summed E-state index contributed by atoms with van der Waals surface area (Å²) in [5.41, 5.74) is 0.898. The maximum absolute atomic E-state index is 12.6. The first kappa shape index (κ1) is 21.2. The summed E-state index contributed by atoms with van der Waals surface area (Å²) in [5.74, 6) is -0.268. The molecule has 4 rings (SSSR count). The van der Waals surface area contributed by atoms with E-state index in [1.165, 1.54) is 18.2 Å². The Morgan fingerprint density at radius 3 is 2.65 bits per heavy atom. The normalized spacial score (nSPS) is 15.2. The van der Waals surface area contributed by atoms with Gasteiger partial charge in [0.1, 0.15) is 5.75 Å². The van der Waals surface area contributed by atoms with Crippen molar-refractivity contribution < 1.29 is 27.4 Å². The number of alkyl halides is 3. The lowest BCUT2D eigenvalue weighted by atomic mass is 9.96. The van der Waals surface area contributed by atoms with E-state index < -0.39 is 12.1 Å². The highest BCUT2D eigenvalue weighted by Crippen LogP contribution is 2.34. The van der Waals surface area contributed by atoms with Crippen molar-refractivity contribution in [2.24, 2.45) is 5.92 Å². The number of amides is 1. The highest BCUT2D eigenvalue weighted by molar-refractivity contribution is 7.22. The number of anilines is 2. The number of hydrogen-bond acceptors (Lipinski definition) is 6. The van der Waals surface area contributed by atoms with Gasteiger partial charge in [0.15, 0.2) is 10.9 Å². The van der Waals surface area contributed by atoms with Gasteiger partial charge in [-0.15, -0.1) is 13.2 Å². The molecule has 1 aromatic heterocycles. The van der Waals surface area contributed by atoms with Crippen molar-refractivity contribution in [1.82, 2.24) is 4.98 Å². The molecule has 6 nitrogen and oxygen atoms in total. The number of benzene rings is 2. The van der Waals surface area contributed by atoms with Crippen LogP contribution in [0.25, 0.3) is 10.2 Å². The first-order valence-electron chi connectivity index (χ1n) is 9.67. The largest absolute Gasteiger partial charge is 0.573 e. The number of carbonyl (C=O) groups excluding carboxylic acids is 1. The number of hydrogen-bond donors (Lipinski definition) is 1. The maximum atomic E-state index is 12.6. The van der Waals surface area contributed by atoms with E-state index >= 15 is 0 Å². The molecule has 0 spiro atoms. The Labute approximate surface area is 180 Å². The summed E-state index contributed by atoms with van der Waals surface area (Å²) in [6.07, 6.45) is -3.67. The Kier molecular flexibility index (Phi) is 5.90. The summed E-state index contributed by atoms with van der Waals surface area (Å²) in [4.78, 5) is 19.4. The summed E-state index contributed by atoms with van der Waals surface area (Å²) in [7, 11) is 1.62. The van der Waals surface area contributed by atoms with Crippen LogP contribution in [0.4, 0.5) is 24.0 Å². The molecule has 0 radical (unpaired) electrons. The van der Waals surface area contributed by atoms with Gasteiger partial charge in [-0.1, -0.05) is 23.5 Å². The third kappa shape index (κ3) is 5.01. The summed E-state index contributed by atoms with van der Waals surface area (Å²) in [5, 5.41) is 3.46. The number of para-hydroxylation sites is 2. The third-order valence-corrected chi connectivity index (χ3v) is 6.17. The fraction of sp³-hybridized carbons (Fsp3) is 0.333. The van der Waals surface area contributed by atoms with Crippen LogP contribution in [0.15, 0.2) is 42.5 Å². The van der Waals surface area contributed by atoms with Crippen LogP contribution in [0, 0.1) is 5.92 Å². The smallest absolute Gasteiger partial charge is 0.497 e. The van der Waals surface area contributed by atoms with E-state index in [9.17, 15) is 18.0 Å². The average Bonchev–Trinajstić information content (AvgIpc) is 3.17. The molecule has 2 aromatic carbocycles. The average molecular weight is 451 g/mol. The molecule has 1 amide bonds. The van der Waals surface area contributed by atoms with Gasteiger partial charge in [0.05, 0.1) is 23.0 Å². The van der Waals surface area contributed by atoms with Gasteiger partial charge >= 0.3 is 6.36 Å². The Morgan fingerprint density at radius 1 is 1.19 bits per heavy atom. The second-order valence-corrected chi connectivity index (χ2v) is 8.13. The van der Waals surface area contributed by atoms with Crippen LogP contribution >= 0.6 is 11.3 Å². The van der Waals surface area contributed by atoms with Crippen LogP contribution in [0.2, 0.25) is 0 Å². The molecule has 0 aliphatic carbocycles. The van der Waals surface area contributed by atoms with Crippen LogP contribution in [0.5, 0.6) is 11.5 Å². The van der Waals surface area contributed by atoms with Crippen LogP contribution in [0.1, 0.15) is 12.8 Å². The molecule has 164 valence electrons. The van der Waals surface area contributed by atoms with Crippen molar-refractivity contribution in [2.75, 3.05) is 30.4 Å². The zero-order valence-electron chi connectivity index (χ0n) is 16.6. The first-order valence-corrected chi connectivity index (χ1v) is 10.5. The van der Waals surface area contributed by atoms with Gasteiger partial charge in [-0.3, -0.25) is 4.79 Å². The molecular weight excluding hydrogens is 431 g/mol. The van der Waals surface area contributed by atoms with Crippen molar-refractivity contribution in [2.45, 2.75) is 19.2 Å². The zero-order valence-corrected chi connectivity index (χ0v) is 17.4. The number of halogens is 3. The summed E-state index contributed by atoms with van der Waals surface area (Å²) >= 11 is 1.56. The number of ether oxygens (including phenoxy) is 2. The number of methoxy groups -OCH3 is 1. The van der Waals surface area contributed by atoms with E-state index in [1.807, 2.05) is 18.2 Å². The quantitative estimate of drug-likeness (QED) is 0.588. The number of nitrogens with zero attached hydrogens (tertiary/aromatic N) is 2. The van der Waals surface area contributed by atoms with Crippen molar-refractivity contribution in [3.05, 3.63) is 42.5 Å². The Morgan fingerprint density at radius 2 is 1.94 bits per heavy atom. The van der Waals surface area contributed by atoms with Gasteiger partial charge in [0.25, 0.3) is 0 Å². The molecule has 0 bridgehead atoms. The zero-order chi connectivity index (χ0) is 22.0. The molecule has 3 aromatic rings. The molecule has 10 heteroatoms. The van der Waals surface area contributed by atoms with Crippen LogP contribution < -0.4 is 19.7 Å². The minimum Gasteiger partial charge on any atom is -0.497 e. The highest BCUT2D eigenvalue weighted by Gasteiger charge is 2.33. The van der Waals surface area contributed by atoms with Gasteiger partial charge in [-0.2, -0.15) is 0 Å². The Bertz CT molecular complexity index is 1080. The van der Waals surface area contributed by atoms with Gasteiger partial charge < -0.3 is 19.7 Å². The molecule has 1 N–H and O–H groups in total. The molecule has 1 saturated heterocycles. The van der Waals surface area contributed by atoms with Crippen molar-refractivity contribution >= 4 is 38.3 Å². The lowest BCUT2D eigenvalue weighted by Gasteiger charge is -2.31. The molecule has 1 aliphatic rings. The van der Waals surface area contributed by atoms with Crippen LogP contribution in [-0.2, 0) is 4.79 Å². The highest BCUT2D eigenvalue weighted by atomic mass is 32.1. The minimum absolute atomic E-state index is 0.00683. The standard InChI is InChI=1S/C21H20F3N3O3S/c1-29-14-6-7-16-18(12-14)31-20(26-16)27-10-8-13(9-11-27)19(28)25-15-4-2-3-5-17(15)30-21(22,23)24/h2-7,12-13H,8-11H2,1H3,(H,25,28). The van der Waals surface area contributed by atoms with E-state index in [-0.39, 0.29) is 17.5 Å². The van der Waals surface area contributed by atoms with Gasteiger partial charge in [-0.25, -0.2) is 4.98 Å². The monoisotopic (exact) mass is 451 g/mol. The number of nitrogens with one attached hydrogen (secondary N) is 1. The number of rotatable bonds is 5. The van der Waals surface area contributed by atoms with Gasteiger partial charge in [-0.05, 0) is 43.2 Å². The molecule has 1 fully saturated rings. The SMILES string of the molecule is COc1ccc2nc(N3CCC(C(=O)Nc4ccccc4OC(F)(F)F)CC3)sc2c1. The predicted molar refractivity (Wildman–Crippen MR) is 113 cm³/mol. The molecule has 0 saturated carbocycles. The Balaban J connectivity index is 1.38. The molecule has 0 unspecified atom stereocenters. The van der Waals surface area contributed by atoms with E-state index in [1.54, 1.807) is 24.5 Å². The summed E-state index contributed by atoms with van der Waals surface area (Å²) in [6, 6.07) is 11.2. The van der Waals surface area contributed by atoms with Crippen LogP contribution in [0.3, 0.4) is 0 Å². The summed E-state index contributed by atoms with van der Waals surface area (Å²) in [6.45, 7) is 1.27. The summed E-state index contributed by atoms with van der Waals surface area (Å²) < 4.78 is 48.0. The predicted octanol–water partition coefficient (Wildman–Crippen LogP) is 5.06. The number of fused-ring (bicyclic) bond motifs is 1. The van der Waals surface area contributed by atoms with Crippen LogP contribution in [-0.4, -0.2) is 37.5 Å². The van der Waals surface area contributed by atoms with Gasteiger partial charge in [0.2, 0.25) is 5.91 Å². The van der Waals surface area contributed by atoms with E-state index in [4.69, 9.17) is 4.74 Å². The van der Waals surface area contributed by atoms with Crippen molar-refractivity contribution in [3.63, 3.8) is 0 Å². The second kappa shape index (κ2) is 8.62.